The number of alkyl halides is 1. The van der Waals surface area contributed by atoms with Crippen LogP contribution < -0.4 is 5.32 Å². The van der Waals surface area contributed by atoms with Gasteiger partial charge in [-0.05, 0) is 44.7 Å². The predicted molar refractivity (Wildman–Crippen MR) is 65.7 cm³/mol. The molecule has 2 bridgehead atoms. The smallest absolute Gasteiger partial charge is 0.220 e. The van der Waals surface area contributed by atoms with Crippen molar-refractivity contribution in [3.8, 4) is 0 Å². The summed E-state index contributed by atoms with van der Waals surface area (Å²) < 4.78 is 0. The van der Waals surface area contributed by atoms with Crippen LogP contribution in [-0.4, -0.2) is 42.4 Å². The number of nitrogens with one attached hydrogen (secondary N) is 1. The summed E-state index contributed by atoms with van der Waals surface area (Å²) in [6, 6.07) is 0.408. The van der Waals surface area contributed by atoms with Crippen LogP contribution in [0, 0.1) is 5.92 Å². The molecule has 1 amide bonds. The molecular formula is C12H21ClN2O. The molecule has 0 aromatic carbocycles. The Hall–Kier alpha value is -0.280. The fraction of sp³-hybridized carbons (Fsp3) is 0.917. The molecule has 1 N–H and O–H groups in total. The van der Waals surface area contributed by atoms with E-state index in [0.29, 0.717) is 18.3 Å². The maximum atomic E-state index is 11.7. The SMILES string of the molecule is O=C(CCCCCl)NC1CN2CCC1CC2. The van der Waals surface area contributed by atoms with E-state index in [9.17, 15) is 4.79 Å². The van der Waals surface area contributed by atoms with E-state index in [4.69, 9.17) is 11.6 Å². The maximum absolute atomic E-state index is 11.7. The zero-order valence-electron chi connectivity index (χ0n) is 9.75. The van der Waals surface area contributed by atoms with Crippen molar-refractivity contribution in [3.05, 3.63) is 0 Å². The second-order valence-electron chi connectivity index (χ2n) is 4.96. The number of halogens is 1. The summed E-state index contributed by atoms with van der Waals surface area (Å²) in [7, 11) is 0. The normalized spacial score (nSPS) is 32.7. The molecule has 0 aromatic heterocycles. The molecule has 3 saturated heterocycles. The molecule has 92 valence electrons. The Bertz CT molecular complexity index is 239. The summed E-state index contributed by atoms with van der Waals surface area (Å²) in [5, 5.41) is 3.19. The monoisotopic (exact) mass is 244 g/mol. The van der Waals surface area contributed by atoms with Gasteiger partial charge in [-0.2, -0.15) is 0 Å². The summed E-state index contributed by atoms with van der Waals surface area (Å²) in [4.78, 5) is 14.2. The van der Waals surface area contributed by atoms with Crippen molar-refractivity contribution in [3.63, 3.8) is 0 Å². The summed E-state index contributed by atoms with van der Waals surface area (Å²) in [6.07, 6.45) is 5.00. The second-order valence-corrected chi connectivity index (χ2v) is 5.34. The molecule has 3 rings (SSSR count). The van der Waals surface area contributed by atoms with Crippen molar-refractivity contribution < 1.29 is 4.79 Å². The van der Waals surface area contributed by atoms with Crippen molar-refractivity contribution in [1.29, 1.82) is 0 Å². The van der Waals surface area contributed by atoms with E-state index in [-0.39, 0.29) is 5.91 Å². The number of fused-ring (bicyclic) bond motifs is 3. The number of rotatable bonds is 5. The van der Waals surface area contributed by atoms with Crippen LogP contribution in [0.5, 0.6) is 0 Å². The minimum Gasteiger partial charge on any atom is -0.352 e. The Kier molecular flexibility index (Phi) is 4.47. The van der Waals surface area contributed by atoms with Gasteiger partial charge in [-0.1, -0.05) is 0 Å². The van der Waals surface area contributed by atoms with E-state index in [1.165, 1.54) is 25.9 Å². The molecule has 3 heterocycles. The quantitative estimate of drug-likeness (QED) is 0.589. The van der Waals surface area contributed by atoms with Crippen molar-refractivity contribution in [2.75, 3.05) is 25.5 Å². The lowest BCUT2D eigenvalue weighted by atomic mass is 9.84. The maximum Gasteiger partial charge on any atom is 0.220 e. The van der Waals surface area contributed by atoms with Crippen LogP contribution in [0.25, 0.3) is 0 Å². The number of piperidine rings is 3. The van der Waals surface area contributed by atoms with Crippen molar-refractivity contribution in [1.82, 2.24) is 10.2 Å². The number of carbonyl (C=O) groups excluding carboxylic acids is 1. The summed E-state index contributed by atoms with van der Waals surface area (Å²) in [5.74, 6) is 1.60. The Balaban J connectivity index is 1.70. The van der Waals surface area contributed by atoms with Gasteiger partial charge in [0.2, 0.25) is 5.91 Å². The van der Waals surface area contributed by atoms with Gasteiger partial charge in [0.15, 0.2) is 0 Å². The molecule has 3 nitrogen and oxygen atoms in total. The summed E-state index contributed by atoms with van der Waals surface area (Å²) in [5.41, 5.74) is 0. The topological polar surface area (TPSA) is 32.3 Å². The molecule has 0 aliphatic carbocycles. The van der Waals surface area contributed by atoms with Crippen molar-refractivity contribution in [2.24, 2.45) is 5.92 Å². The van der Waals surface area contributed by atoms with Gasteiger partial charge in [-0.15, -0.1) is 11.6 Å². The standard InChI is InChI=1S/C12H21ClN2O/c13-6-2-1-3-12(16)14-11-9-15-7-4-10(11)5-8-15/h10-11H,1-9H2,(H,14,16). The molecular weight excluding hydrogens is 224 g/mol. The molecule has 16 heavy (non-hydrogen) atoms. The van der Waals surface area contributed by atoms with Gasteiger partial charge in [-0.25, -0.2) is 0 Å². The van der Waals surface area contributed by atoms with Crippen molar-refractivity contribution >= 4 is 17.5 Å². The molecule has 0 radical (unpaired) electrons. The van der Waals surface area contributed by atoms with Gasteiger partial charge in [0.1, 0.15) is 0 Å². The molecule has 0 spiro atoms. The number of hydrogen-bond donors (Lipinski definition) is 1. The highest BCUT2D eigenvalue weighted by Crippen LogP contribution is 2.27. The molecule has 4 heteroatoms. The minimum absolute atomic E-state index is 0.212. The first kappa shape index (κ1) is 12.2. The number of nitrogens with zero attached hydrogens (tertiary/aromatic N) is 1. The van der Waals surface area contributed by atoms with Gasteiger partial charge in [0.05, 0.1) is 0 Å². The van der Waals surface area contributed by atoms with E-state index < -0.39 is 0 Å². The van der Waals surface area contributed by atoms with Gasteiger partial charge < -0.3 is 10.2 Å². The molecule has 0 aromatic rings. The highest BCUT2D eigenvalue weighted by atomic mass is 35.5. The summed E-state index contributed by atoms with van der Waals surface area (Å²) in [6.45, 7) is 3.51. The average molecular weight is 245 g/mol. The fourth-order valence-electron chi connectivity index (χ4n) is 2.79. The first-order valence-electron chi connectivity index (χ1n) is 6.37. The lowest BCUT2D eigenvalue weighted by Gasteiger charge is -2.44. The third kappa shape index (κ3) is 3.11. The van der Waals surface area contributed by atoms with Crippen LogP contribution in [0.2, 0.25) is 0 Å². The van der Waals surface area contributed by atoms with Gasteiger partial charge in [0.25, 0.3) is 0 Å². The molecule has 0 saturated carbocycles. The molecule has 3 aliphatic rings. The fourth-order valence-corrected chi connectivity index (χ4v) is 2.98. The van der Waals surface area contributed by atoms with Crippen molar-refractivity contribution in [2.45, 2.75) is 38.1 Å². The number of carbonyl (C=O) groups is 1. The van der Waals surface area contributed by atoms with Gasteiger partial charge >= 0.3 is 0 Å². The number of hydrogen-bond acceptors (Lipinski definition) is 2. The first-order valence-corrected chi connectivity index (χ1v) is 6.90. The number of unbranched alkanes of at least 4 members (excludes halogenated alkanes) is 1. The van der Waals surface area contributed by atoms with E-state index in [2.05, 4.69) is 10.2 Å². The summed E-state index contributed by atoms with van der Waals surface area (Å²) >= 11 is 5.59. The second kappa shape index (κ2) is 5.87. The predicted octanol–water partition coefficient (Wildman–Crippen LogP) is 1.61. The zero-order valence-corrected chi connectivity index (χ0v) is 10.5. The molecule has 3 fully saturated rings. The van der Waals surface area contributed by atoms with Crippen LogP contribution in [0.3, 0.4) is 0 Å². The van der Waals surface area contributed by atoms with Crippen LogP contribution in [0.4, 0.5) is 0 Å². The highest BCUT2D eigenvalue weighted by molar-refractivity contribution is 6.17. The lowest BCUT2D eigenvalue weighted by molar-refractivity contribution is -0.123. The zero-order chi connectivity index (χ0) is 11.4. The largest absolute Gasteiger partial charge is 0.352 e. The Morgan fingerprint density at radius 2 is 2.06 bits per heavy atom. The van der Waals surface area contributed by atoms with Gasteiger partial charge in [-0.3, -0.25) is 4.79 Å². The van der Waals surface area contributed by atoms with E-state index in [1.807, 2.05) is 0 Å². The Morgan fingerprint density at radius 1 is 1.31 bits per heavy atom. The van der Waals surface area contributed by atoms with E-state index in [1.54, 1.807) is 0 Å². The van der Waals surface area contributed by atoms with Crippen LogP contribution in [0.15, 0.2) is 0 Å². The number of amides is 1. The van der Waals surface area contributed by atoms with Crippen LogP contribution >= 0.6 is 11.6 Å². The highest BCUT2D eigenvalue weighted by Gasteiger charge is 2.34. The van der Waals surface area contributed by atoms with E-state index in [0.717, 1.165) is 25.3 Å². The first-order chi connectivity index (χ1) is 7.79. The Morgan fingerprint density at radius 3 is 2.62 bits per heavy atom. The molecule has 1 unspecified atom stereocenters. The third-order valence-corrected chi connectivity index (χ3v) is 4.06. The molecule has 3 aliphatic heterocycles. The lowest BCUT2D eigenvalue weighted by Crippen LogP contribution is -2.57. The van der Waals surface area contributed by atoms with Crippen LogP contribution in [0.1, 0.15) is 32.1 Å². The van der Waals surface area contributed by atoms with Gasteiger partial charge in [0, 0.05) is 24.9 Å². The third-order valence-electron chi connectivity index (χ3n) is 3.79. The minimum atomic E-state index is 0.212. The Labute approximate surface area is 103 Å². The van der Waals surface area contributed by atoms with E-state index >= 15 is 0 Å². The average Bonchev–Trinajstić information content (AvgIpc) is 2.31. The van der Waals surface area contributed by atoms with Crippen LogP contribution in [-0.2, 0) is 4.79 Å². The molecule has 1 atom stereocenters.